The lowest BCUT2D eigenvalue weighted by atomic mass is 9.91. The van der Waals surface area contributed by atoms with Gasteiger partial charge in [0.15, 0.2) is 5.76 Å². The SMILES string of the molecule is O=C(Oc1cccc(N=C2C(=O)c3ccccc3C(O)=C2n2nnc3ccccc32)c1)c1cccc([N+](=O)[O-])c1. The molecular formula is C29H17N5O6. The quantitative estimate of drug-likeness (QED) is 0.137. The highest BCUT2D eigenvalue weighted by Gasteiger charge is 2.33. The molecule has 0 unspecified atom stereocenters. The molecule has 1 heterocycles. The second-order valence-electron chi connectivity index (χ2n) is 8.72. The van der Waals surface area contributed by atoms with E-state index in [-0.39, 0.29) is 45.4 Å². The molecule has 0 bridgehead atoms. The van der Waals surface area contributed by atoms with Crippen LogP contribution in [-0.2, 0) is 0 Å². The van der Waals surface area contributed by atoms with E-state index >= 15 is 0 Å². The second-order valence-corrected chi connectivity index (χ2v) is 8.72. The molecule has 194 valence electrons. The molecule has 1 aromatic heterocycles. The Bertz CT molecular complexity index is 1920. The van der Waals surface area contributed by atoms with Crippen molar-refractivity contribution in [2.24, 2.45) is 4.99 Å². The van der Waals surface area contributed by atoms with Gasteiger partial charge in [0.1, 0.15) is 22.7 Å². The fraction of sp³-hybridized carbons (Fsp3) is 0. The van der Waals surface area contributed by atoms with Crippen LogP contribution < -0.4 is 4.74 Å². The number of nitro benzene ring substituents is 1. The number of hydrogen-bond acceptors (Lipinski definition) is 9. The zero-order chi connectivity index (χ0) is 27.8. The maximum Gasteiger partial charge on any atom is 0.343 e. The maximum absolute atomic E-state index is 13.7. The number of ether oxygens (including phenoxy) is 1. The topological polar surface area (TPSA) is 150 Å². The van der Waals surface area contributed by atoms with E-state index < -0.39 is 16.7 Å². The largest absolute Gasteiger partial charge is 0.505 e. The minimum absolute atomic E-state index is 0.00168. The standard InChI is InChI=1S/C29H17N5O6/c35-27-21-11-1-2-12-22(21)28(36)26(33-24-14-4-3-13-23(24)31-32-33)25(27)30-18-8-6-10-20(16-18)40-29(37)17-7-5-9-19(15-17)34(38)39/h1-16,36H. The minimum atomic E-state index is -0.802. The van der Waals surface area contributed by atoms with Crippen molar-refractivity contribution in [3.8, 4) is 5.75 Å². The molecule has 0 aliphatic heterocycles. The van der Waals surface area contributed by atoms with E-state index in [1.54, 1.807) is 60.7 Å². The van der Waals surface area contributed by atoms with Crippen molar-refractivity contribution in [3.63, 3.8) is 0 Å². The fourth-order valence-corrected chi connectivity index (χ4v) is 4.36. The molecule has 0 saturated carbocycles. The molecule has 0 fully saturated rings. The predicted molar refractivity (Wildman–Crippen MR) is 146 cm³/mol. The van der Waals surface area contributed by atoms with Crippen LogP contribution in [0.4, 0.5) is 11.4 Å². The molecule has 0 atom stereocenters. The van der Waals surface area contributed by atoms with E-state index in [9.17, 15) is 24.8 Å². The lowest BCUT2D eigenvalue weighted by Gasteiger charge is -2.20. The molecule has 11 nitrogen and oxygen atoms in total. The van der Waals surface area contributed by atoms with Crippen LogP contribution in [0.15, 0.2) is 102 Å². The molecule has 1 N–H and O–H groups in total. The molecular weight excluding hydrogens is 514 g/mol. The number of nitro groups is 1. The first-order chi connectivity index (χ1) is 19.4. The van der Waals surface area contributed by atoms with Crippen LogP contribution in [0.25, 0.3) is 22.5 Å². The van der Waals surface area contributed by atoms with Gasteiger partial charge in [-0.15, -0.1) is 5.10 Å². The maximum atomic E-state index is 13.7. The molecule has 1 aliphatic rings. The third-order valence-electron chi connectivity index (χ3n) is 6.22. The minimum Gasteiger partial charge on any atom is -0.505 e. The summed E-state index contributed by atoms with van der Waals surface area (Å²) in [5, 5.41) is 30.7. The highest BCUT2D eigenvalue weighted by molar-refractivity contribution is 6.62. The van der Waals surface area contributed by atoms with Gasteiger partial charge in [0.25, 0.3) is 5.69 Å². The normalized spacial score (nSPS) is 13.9. The number of nitrogens with zero attached hydrogens (tertiary/aromatic N) is 5. The molecule has 11 heteroatoms. The molecule has 0 saturated heterocycles. The molecule has 0 radical (unpaired) electrons. The third-order valence-corrected chi connectivity index (χ3v) is 6.22. The summed E-state index contributed by atoms with van der Waals surface area (Å²) in [6.07, 6.45) is 0. The predicted octanol–water partition coefficient (Wildman–Crippen LogP) is 5.41. The molecule has 6 rings (SSSR count). The van der Waals surface area contributed by atoms with Crippen LogP contribution in [-0.4, -0.2) is 42.5 Å². The summed E-state index contributed by atoms with van der Waals surface area (Å²) >= 11 is 0. The van der Waals surface area contributed by atoms with Gasteiger partial charge in [0, 0.05) is 29.3 Å². The van der Waals surface area contributed by atoms with Crippen LogP contribution >= 0.6 is 0 Å². The number of non-ortho nitro benzene ring substituents is 1. The summed E-state index contributed by atoms with van der Waals surface area (Å²) in [6.45, 7) is 0. The Morgan fingerprint density at radius 3 is 2.50 bits per heavy atom. The number of rotatable bonds is 5. The van der Waals surface area contributed by atoms with Crippen LogP contribution in [0.2, 0.25) is 0 Å². The average molecular weight is 531 g/mol. The van der Waals surface area contributed by atoms with E-state index in [4.69, 9.17) is 4.74 Å². The lowest BCUT2D eigenvalue weighted by molar-refractivity contribution is -0.384. The van der Waals surface area contributed by atoms with Gasteiger partial charge >= 0.3 is 5.97 Å². The summed E-state index contributed by atoms with van der Waals surface area (Å²) < 4.78 is 6.79. The number of carbonyl (C=O) groups excluding carboxylic acids is 2. The number of benzene rings is 4. The van der Waals surface area contributed by atoms with E-state index in [1.807, 2.05) is 0 Å². The van der Waals surface area contributed by atoms with Gasteiger partial charge < -0.3 is 9.84 Å². The van der Waals surface area contributed by atoms with Gasteiger partial charge in [-0.2, -0.15) is 0 Å². The van der Waals surface area contributed by atoms with Gasteiger partial charge in [-0.05, 0) is 30.3 Å². The van der Waals surface area contributed by atoms with Gasteiger partial charge in [-0.1, -0.05) is 53.7 Å². The Hall–Kier alpha value is -5.97. The van der Waals surface area contributed by atoms with Crippen molar-refractivity contribution in [2.75, 3.05) is 0 Å². The number of hydrogen-bond donors (Lipinski definition) is 1. The van der Waals surface area contributed by atoms with Crippen LogP contribution in [0, 0.1) is 10.1 Å². The number of fused-ring (bicyclic) bond motifs is 2. The number of ketones is 1. The number of aromatic nitrogens is 3. The van der Waals surface area contributed by atoms with Crippen molar-refractivity contribution < 1.29 is 24.4 Å². The number of para-hydroxylation sites is 1. The Kier molecular flexibility index (Phi) is 5.93. The average Bonchev–Trinajstić information content (AvgIpc) is 3.40. The summed E-state index contributed by atoms with van der Waals surface area (Å²) in [7, 11) is 0. The van der Waals surface area contributed by atoms with Crippen molar-refractivity contribution in [3.05, 3.63) is 124 Å². The monoisotopic (exact) mass is 531 g/mol. The first-order valence-corrected chi connectivity index (χ1v) is 11.9. The molecule has 0 spiro atoms. The van der Waals surface area contributed by atoms with Crippen LogP contribution in [0.3, 0.4) is 0 Å². The smallest absolute Gasteiger partial charge is 0.343 e. The van der Waals surface area contributed by atoms with Gasteiger partial charge in [-0.3, -0.25) is 14.9 Å². The van der Waals surface area contributed by atoms with E-state index in [0.29, 0.717) is 16.6 Å². The zero-order valence-corrected chi connectivity index (χ0v) is 20.5. The number of aliphatic hydroxyl groups excluding tert-OH is 1. The first-order valence-electron chi connectivity index (χ1n) is 11.9. The third kappa shape index (κ3) is 4.27. The Morgan fingerprint density at radius 1 is 0.925 bits per heavy atom. The van der Waals surface area contributed by atoms with E-state index in [0.717, 1.165) is 6.07 Å². The summed E-state index contributed by atoms with van der Waals surface area (Å²) in [5.74, 6) is -1.34. The van der Waals surface area contributed by atoms with Crippen LogP contribution in [0.5, 0.6) is 5.75 Å². The number of carbonyl (C=O) groups is 2. The van der Waals surface area contributed by atoms with Gasteiger partial charge in [0.05, 0.1) is 21.7 Å². The fourth-order valence-electron chi connectivity index (χ4n) is 4.36. The summed E-state index contributed by atoms with van der Waals surface area (Å²) in [6, 6.07) is 25.0. The van der Waals surface area contributed by atoms with Crippen molar-refractivity contribution in [2.45, 2.75) is 0 Å². The molecule has 4 aromatic carbocycles. The highest BCUT2D eigenvalue weighted by atomic mass is 16.6. The Balaban J connectivity index is 1.42. The van der Waals surface area contributed by atoms with Crippen molar-refractivity contribution >= 4 is 51.3 Å². The highest BCUT2D eigenvalue weighted by Crippen LogP contribution is 2.34. The number of Topliss-reactive ketones (excluding diaryl/α,β-unsaturated/α-hetero) is 1. The van der Waals surface area contributed by atoms with E-state index in [2.05, 4.69) is 15.3 Å². The van der Waals surface area contributed by atoms with Gasteiger partial charge in [-0.25, -0.2) is 14.5 Å². The van der Waals surface area contributed by atoms with Gasteiger partial charge in [0.2, 0.25) is 5.78 Å². The molecule has 5 aromatic rings. The lowest BCUT2D eigenvalue weighted by Crippen LogP contribution is -2.27. The van der Waals surface area contributed by atoms with Crippen molar-refractivity contribution in [1.82, 2.24) is 15.0 Å². The molecule has 0 amide bonds. The van der Waals surface area contributed by atoms with Crippen molar-refractivity contribution in [1.29, 1.82) is 0 Å². The van der Waals surface area contributed by atoms with E-state index in [1.165, 1.54) is 35.0 Å². The molecule has 1 aliphatic carbocycles. The first kappa shape index (κ1) is 24.4. The second kappa shape index (κ2) is 9.72. The summed E-state index contributed by atoms with van der Waals surface area (Å²) in [5.41, 5.74) is 1.68. The Morgan fingerprint density at radius 2 is 1.68 bits per heavy atom. The van der Waals surface area contributed by atoms with Crippen LogP contribution in [0.1, 0.15) is 26.3 Å². The summed E-state index contributed by atoms with van der Waals surface area (Å²) in [4.78, 5) is 41.3. The Labute approximate surface area is 225 Å². The zero-order valence-electron chi connectivity index (χ0n) is 20.5. The number of aliphatic hydroxyl groups is 1. The number of esters is 1. The number of aliphatic imine (C=N–C) groups is 1. The number of allylic oxidation sites excluding steroid dienone is 1. The molecule has 40 heavy (non-hydrogen) atoms.